The number of thiazole rings is 1. The lowest BCUT2D eigenvalue weighted by Gasteiger charge is -2.32. The molecular weight excluding hydrogens is 414 g/mol. The summed E-state index contributed by atoms with van der Waals surface area (Å²) in [5.41, 5.74) is 0.676. The van der Waals surface area contributed by atoms with E-state index in [4.69, 9.17) is 4.42 Å². The van der Waals surface area contributed by atoms with E-state index in [0.717, 1.165) is 24.5 Å². The van der Waals surface area contributed by atoms with E-state index in [0.29, 0.717) is 34.9 Å². The Balaban J connectivity index is 1.57. The van der Waals surface area contributed by atoms with Crippen molar-refractivity contribution in [3.05, 3.63) is 46.1 Å². The van der Waals surface area contributed by atoms with Crippen LogP contribution in [0.15, 0.2) is 44.9 Å². The molecule has 0 spiro atoms. The maximum atomic E-state index is 12.7. The highest BCUT2D eigenvalue weighted by Crippen LogP contribution is 2.27. The maximum Gasteiger partial charge on any atom is 0.345 e. The van der Waals surface area contributed by atoms with Crippen molar-refractivity contribution in [2.24, 2.45) is 0 Å². The van der Waals surface area contributed by atoms with Gasteiger partial charge in [0, 0.05) is 17.3 Å². The number of rotatable bonds is 4. The smallest absolute Gasteiger partial charge is 0.345 e. The van der Waals surface area contributed by atoms with E-state index < -0.39 is 27.6 Å². The van der Waals surface area contributed by atoms with Crippen molar-refractivity contribution in [1.82, 2.24) is 9.29 Å². The highest BCUT2D eigenvalue weighted by Gasteiger charge is 2.34. The van der Waals surface area contributed by atoms with E-state index in [1.54, 1.807) is 23.6 Å². The number of carbonyl (C=O) groups excluding carboxylic acids is 1. The first-order chi connectivity index (χ1) is 13.8. The molecule has 4 rings (SSSR count). The van der Waals surface area contributed by atoms with Crippen LogP contribution in [0, 0.1) is 0 Å². The zero-order chi connectivity index (χ0) is 20.6. The molecule has 1 amide bonds. The lowest BCUT2D eigenvalue weighted by atomic mass is 10.0. The van der Waals surface area contributed by atoms with Crippen molar-refractivity contribution in [2.45, 2.75) is 25.3 Å². The largest absolute Gasteiger partial charge is 0.422 e. The first kappa shape index (κ1) is 19.7. The number of nitrogens with zero attached hydrogens (tertiary/aromatic N) is 2. The third-order valence-electron chi connectivity index (χ3n) is 4.83. The molecule has 0 bridgehead atoms. The molecule has 0 unspecified atom stereocenters. The summed E-state index contributed by atoms with van der Waals surface area (Å²) in [6.45, 7) is 0.332. The fourth-order valence-electron chi connectivity index (χ4n) is 3.45. The summed E-state index contributed by atoms with van der Waals surface area (Å²) in [4.78, 5) is 29.3. The topological polar surface area (TPSA) is 110 Å². The van der Waals surface area contributed by atoms with Crippen molar-refractivity contribution in [3.8, 4) is 11.3 Å². The number of piperidine rings is 1. The number of hydrogen-bond acceptors (Lipinski definition) is 7. The molecule has 2 aromatic heterocycles. The Morgan fingerprint density at radius 1 is 1.31 bits per heavy atom. The normalized spacial score (nSPS) is 18.0. The summed E-state index contributed by atoms with van der Waals surface area (Å²) in [7, 11) is -3.47. The summed E-state index contributed by atoms with van der Waals surface area (Å²) < 4.78 is 30.5. The highest BCUT2D eigenvalue weighted by molar-refractivity contribution is 7.88. The van der Waals surface area contributed by atoms with Crippen molar-refractivity contribution >= 4 is 43.4 Å². The Labute approximate surface area is 171 Å². The minimum Gasteiger partial charge on any atom is -0.422 e. The second kappa shape index (κ2) is 7.69. The maximum absolute atomic E-state index is 12.7. The van der Waals surface area contributed by atoms with Gasteiger partial charge in [-0.3, -0.25) is 4.79 Å². The zero-order valence-electron chi connectivity index (χ0n) is 15.6. The molecule has 29 heavy (non-hydrogen) atoms. The first-order valence-corrected chi connectivity index (χ1v) is 11.8. The van der Waals surface area contributed by atoms with Gasteiger partial charge in [0.15, 0.2) is 5.13 Å². The molecule has 1 aliphatic rings. The molecule has 1 fully saturated rings. The van der Waals surface area contributed by atoms with Crippen LogP contribution in [0.1, 0.15) is 19.3 Å². The molecule has 1 N–H and O–H groups in total. The number of sulfonamides is 1. The average Bonchev–Trinajstić information content (AvgIpc) is 3.15. The predicted octanol–water partition coefficient (Wildman–Crippen LogP) is 2.67. The molecule has 1 aromatic carbocycles. The molecule has 1 atom stereocenters. The molecule has 0 aliphatic carbocycles. The van der Waals surface area contributed by atoms with Gasteiger partial charge in [-0.1, -0.05) is 24.6 Å². The van der Waals surface area contributed by atoms with Crippen molar-refractivity contribution in [3.63, 3.8) is 0 Å². The third kappa shape index (κ3) is 4.09. The standard InChI is InChI=1S/C19H19N3O5S2/c1-29(25,26)22-9-5-4-7-15(22)17(23)21-19-20-14(11-28-19)13-10-12-6-2-3-8-16(12)27-18(13)24/h2-3,6,8,10-11,15H,4-5,7,9H2,1H3,(H,20,21,23)/t15-/m1/s1. The van der Waals surface area contributed by atoms with Gasteiger partial charge in [-0.05, 0) is 25.0 Å². The van der Waals surface area contributed by atoms with Gasteiger partial charge < -0.3 is 9.73 Å². The first-order valence-electron chi connectivity index (χ1n) is 9.09. The van der Waals surface area contributed by atoms with Crippen LogP contribution in [0.4, 0.5) is 5.13 Å². The van der Waals surface area contributed by atoms with E-state index >= 15 is 0 Å². The summed E-state index contributed by atoms with van der Waals surface area (Å²) >= 11 is 1.17. The van der Waals surface area contributed by atoms with E-state index in [2.05, 4.69) is 10.3 Å². The van der Waals surface area contributed by atoms with Crippen LogP contribution < -0.4 is 10.9 Å². The molecule has 3 aromatic rings. The molecule has 10 heteroatoms. The van der Waals surface area contributed by atoms with Crippen LogP contribution in [0.25, 0.3) is 22.2 Å². The summed E-state index contributed by atoms with van der Waals surface area (Å²) in [5, 5.41) is 5.42. The second-order valence-corrected chi connectivity index (χ2v) is 9.69. The molecular formula is C19H19N3O5S2. The van der Waals surface area contributed by atoms with Crippen molar-refractivity contribution in [2.75, 3.05) is 18.1 Å². The van der Waals surface area contributed by atoms with Gasteiger partial charge in [-0.15, -0.1) is 11.3 Å². The van der Waals surface area contributed by atoms with Crippen LogP contribution in [-0.4, -0.2) is 42.5 Å². The van der Waals surface area contributed by atoms with Crippen LogP contribution in [-0.2, 0) is 14.8 Å². The average molecular weight is 434 g/mol. The molecule has 0 saturated carbocycles. The summed E-state index contributed by atoms with van der Waals surface area (Å²) in [5.74, 6) is -0.415. The van der Waals surface area contributed by atoms with Crippen molar-refractivity contribution < 1.29 is 17.6 Å². The Bertz CT molecular complexity index is 1230. The number of benzene rings is 1. The van der Waals surface area contributed by atoms with Gasteiger partial charge in [-0.2, -0.15) is 4.31 Å². The number of nitrogens with one attached hydrogen (secondary N) is 1. The fourth-order valence-corrected chi connectivity index (χ4v) is 5.29. The van der Waals surface area contributed by atoms with Gasteiger partial charge in [0.1, 0.15) is 11.6 Å². The van der Waals surface area contributed by atoms with Gasteiger partial charge >= 0.3 is 5.63 Å². The minimum atomic E-state index is -3.47. The molecule has 3 heterocycles. The zero-order valence-corrected chi connectivity index (χ0v) is 17.3. The number of hydrogen-bond donors (Lipinski definition) is 1. The number of aromatic nitrogens is 1. The number of fused-ring (bicyclic) bond motifs is 1. The van der Waals surface area contributed by atoms with Gasteiger partial charge in [0.25, 0.3) is 0 Å². The SMILES string of the molecule is CS(=O)(=O)N1CCCC[C@@H]1C(=O)Nc1nc(-c2cc3ccccc3oc2=O)cs1. The second-order valence-electron chi connectivity index (χ2n) is 6.90. The van der Waals surface area contributed by atoms with Gasteiger partial charge in [0.2, 0.25) is 15.9 Å². The summed E-state index contributed by atoms with van der Waals surface area (Å²) in [6, 6.07) is 8.12. The lowest BCUT2D eigenvalue weighted by Crippen LogP contribution is -2.49. The number of carbonyl (C=O) groups is 1. The van der Waals surface area contributed by atoms with Gasteiger partial charge in [0.05, 0.1) is 17.5 Å². The number of anilines is 1. The van der Waals surface area contributed by atoms with E-state index in [1.807, 2.05) is 12.1 Å². The Hall–Kier alpha value is -2.56. The van der Waals surface area contributed by atoms with E-state index in [1.165, 1.54) is 15.6 Å². The van der Waals surface area contributed by atoms with Crippen molar-refractivity contribution in [1.29, 1.82) is 0 Å². The van der Waals surface area contributed by atoms with Crippen LogP contribution in [0.2, 0.25) is 0 Å². The van der Waals surface area contributed by atoms with E-state index in [9.17, 15) is 18.0 Å². The monoisotopic (exact) mass is 433 g/mol. The van der Waals surface area contributed by atoms with Gasteiger partial charge in [-0.25, -0.2) is 18.2 Å². The fraction of sp³-hybridized carbons (Fsp3) is 0.316. The number of amides is 1. The highest BCUT2D eigenvalue weighted by atomic mass is 32.2. The minimum absolute atomic E-state index is 0.302. The van der Waals surface area contributed by atoms with Crippen LogP contribution in [0.5, 0.6) is 0 Å². The number of para-hydroxylation sites is 1. The Kier molecular flexibility index (Phi) is 5.24. The molecule has 0 radical (unpaired) electrons. The quantitative estimate of drug-likeness (QED) is 0.634. The van der Waals surface area contributed by atoms with Crippen LogP contribution in [0.3, 0.4) is 0 Å². The lowest BCUT2D eigenvalue weighted by molar-refractivity contribution is -0.120. The van der Waals surface area contributed by atoms with E-state index in [-0.39, 0.29) is 0 Å². The molecule has 1 saturated heterocycles. The van der Waals surface area contributed by atoms with Crippen LogP contribution >= 0.6 is 11.3 Å². The Morgan fingerprint density at radius 3 is 2.90 bits per heavy atom. The third-order valence-corrected chi connectivity index (χ3v) is 6.88. The predicted molar refractivity (Wildman–Crippen MR) is 111 cm³/mol. The summed E-state index contributed by atoms with van der Waals surface area (Å²) in [6.07, 6.45) is 3.09. The molecule has 152 valence electrons. The Morgan fingerprint density at radius 2 is 2.10 bits per heavy atom. The molecule has 8 nitrogen and oxygen atoms in total. The molecule has 1 aliphatic heterocycles.